The number of aromatic carboxylic acids is 1. The molecule has 0 spiro atoms. The van der Waals surface area contributed by atoms with Crippen LogP contribution >= 0.6 is 12.4 Å². The third-order valence-corrected chi connectivity index (χ3v) is 7.32. The van der Waals surface area contributed by atoms with Crippen LogP contribution in [0.3, 0.4) is 0 Å². The second-order valence-corrected chi connectivity index (χ2v) is 9.31. The number of halogens is 2. The van der Waals surface area contributed by atoms with Gasteiger partial charge in [0.15, 0.2) is 0 Å². The van der Waals surface area contributed by atoms with Gasteiger partial charge in [-0.3, -0.25) is 9.69 Å². The van der Waals surface area contributed by atoms with Crippen LogP contribution in [-0.4, -0.2) is 46.7 Å². The van der Waals surface area contributed by atoms with Gasteiger partial charge in [-0.25, -0.2) is 9.18 Å². The van der Waals surface area contributed by atoms with Crippen molar-refractivity contribution in [1.29, 1.82) is 0 Å². The van der Waals surface area contributed by atoms with Crippen molar-refractivity contribution in [3.8, 4) is 0 Å². The van der Waals surface area contributed by atoms with Gasteiger partial charge < -0.3 is 14.6 Å². The molecule has 0 saturated carbocycles. The summed E-state index contributed by atoms with van der Waals surface area (Å²) in [4.78, 5) is 28.5. The number of anilines is 1. The predicted molar refractivity (Wildman–Crippen MR) is 139 cm³/mol. The topological polar surface area (TPSA) is 65.8 Å². The standard InChI is InChI=1S/C27H30FN3O3.ClH/c1-2-30-17-22(27(33)34)26(32)21-14-23(28)25(15-24(21)30)31-12-10-29(11-13-31)16-19-8-5-7-18-6-3-4-9-20(18)19;/h5,7-8,14-15,17H,2-4,6,9-13,16H2,1H3,(H,33,34);1H. The molecule has 2 heterocycles. The average Bonchev–Trinajstić information content (AvgIpc) is 2.85. The van der Waals surface area contributed by atoms with Gasteiger partial charge in [-0.1, -0.05) is 18.2 Å². The van der Waals surface area contributed by atoms with Gasteiger partial charge in [0.1, 0.15) is 11.4 Å². The lowest BCUT2D eigenvalue weighted by Gasteiger charge is -2.37. The molecular formula is C27H31ClFN3O3. The molecule has 1 aliphatic carbocycles. The fraction of sp³-hybridized carbons (Fsp3) is 0.407. The van der Waals surface area contributed by atoms with E-state index >= 15 is 4.39 Å². The smallest absolute Gasteiger partial charge is 0.341 e. The molecule has 2 aromatic carbocycles. The minimum absolute atomic E-state index is 0. The fourth-order valence-corrected chi connectivity index (χ4v) is 5.45. The molecule has 1 N–H and O–H groups in total. The van der Waals surface area contributed by atoms with Crippen molar-refractivity contribution in [2.45, 2.75) is 45.7 Å². The number of carbonyl (C=O) groups is 1. The number of piperazine rings is 1. The number of rotatable bonds is 5. The maximum Gasteiger partial charge on any atom is 0.341 e. The van der Waals surface area contributed by atoms with E-state index in [9.17, 15) is 14.7 Å². The zero-order valence-corrected chi connectivity index (χ0v) is 20.7. The van der Waals surface area contributed by atoms with E-state index in [1.54, 1.807) is 10.6 Å². The Bertz CT molecular complexity index is 1320. The van der Waals surface area contributed by atoms with Crippen LogP contribution in [0.1, 0.15) is 46.8 Å². The van der Waals surface area contributed by atoms with Gasteiger partial charge in [0.05, 0.1) is 11.2 Å². The molecule has 1 aliphatic heterocycles. The van der Waals surface area contributed by atoms with Crippen LogP contribution in [0.2, 0.25) is 0 Å². The van der Waals surface area contributed by atoms with Crippen molar-refractivity contribution in [3.63, 3.8) is 0 Å². The van der Waals surface area contributed by atoms with Crippen molar-refractivity contribution in [1.82, 2.24) is 9.47 Å². The molecule has 8 heteroatoms. The molecule has 0 atom stereocenters. The van der Waals surface area contributed by atoms with E-state index < -0.39 is 17.2 Å². The number of aromatic nitrogens is 1. The summed E-state index contributed by atoms with van der Waals surface area (Å²) in [6.45, 7) is 6.34. The summed E-state index contributed by atoms with van der Waals surface area (Å²) in [5.41, 5.74) is 4.49. The minimum Gasteiger partial charge on any atom is -0.477 e. The highest BCUT2D eigenvalue weighted by Gasteiger charge is 2.23. The summed E-state index contributed by atoms with van der Waals surface area (Å²) in [6.07, 6.45) is 6.23. The molecule has 186 valence electrons. The third-order valence-electron chi connectivity index (χ3n) is 7.32. The number of fused-ring (bicyclic) bond motifs is 2. The number of pyridine rings is 1. The van der Waals surface area contributed by atoms with Crippen LogP contribution in [0.15, 0.2) is 41.3 Å². The van der Waals surface area contributed by atoms with Crippen LogP contribution in [0.4, 0.5) is 10.1 Å². The lowest BCUT2D eigenvalue weighted by Crippen LogP contribution is -2.46. The molecule has 1 saturated heterocycles. The van der Waals surface area contributed by atoms with Crippen molar-refractivity contribution >= 4 is 35.0 Å². The molecule has 5 rings (SSSR count). The highest BCUT2D eigenvalue weighted by atomic mass is 35.5. The SMILES string of the molecule is CCn1cc(C(=O)O)c(=O)c2cc(F)c(N3CCN(Cc4cccc5c4CCCC5)CC3)cc21.Cl. The first-order valence-corrected chi connectivity index (χ1v) is 12.1. The van der Waals surface area contributed by atoms with Crippen molar-refractivity contribution in [3.05, 3.63) is 74.8 Å². The number of benzene rings is 2. The lowest BCUT2D eigenvalue weighted by molar-refractivity contribution is 0.0695. The molecule has 35 heavy (non-hydrogen) atoms. The molecule has 1 aromatic heterocycles. The van der Waals surface area contributed by atoms with E-state index in [0.717, 1.165) is 26.1 Å². The van der Waals surface area contributed by atoms with E-state index in [0.29, 0.717) is 30.8 Å². The van der Waals surface area contributed by atoms with Crippen LogP contribution in [0.5, 0.6) is 0 Å². The highest BCUT2D eigenvalue weighted by molar-refractivity contribution is 5.93. The highest BCUT2D eigenvalue weighted by Crippen LogP contribution is 2.28. The molecule has 3 aromatic rings. The Morgan fingerprint density at radius 3 is 2.54 bits per heavy atom. The van der Waals surface area contributed by atoms with Gasteiger partial charge in [-0.15, -0.1) is 12.4 Å². The Morgan fingerprint density at radius 1 is 1.09 bits per heavy atom. The molecular weight excluding hydrogens is 469 g/mol. The maximum atomic E-state index is 15.1. The number of aryl methyl sites for hydroxylation is 2. The van der Waals surface area contributed by atoms with Gasteiger partial charge in [0.2, 0.25) is 5.43 Å². The Balaban J connectivity index is 0.00000289. The Kier molecular flexibility index (Phi) is 7.47. The summed E-state index contributed by atoms with van der Waals surface area (Å²) in [5, 5.41) is 9.46. The van der Waals surface area contributed by atoms with Gasteiger partial charge >= 0.3 is 5.97 Å². The van der Waals surface area contributed by atoms with Crippen LogP contribution in [0.25, 0.3) is 10.9 Å². The van der Waals surface area contributed by atoms with Crippen molar-refractivity contribution in [2.75, 3.05) is 31.1 Å². The molecule has 0 radical (unpaired) electrons. The van der Waals surface area contributed by atoms with Crippen LogP contribution in [-0.2, 0) is 25.9 Å². The first-order chi connectivity index (χ1) is 16.5. The summed E-state index contributed by atoms with van der Waals surface area (Å²) >= 11 is 0. The molecule has 0 amide bonds. The Hall–Kier alpha value is -2.90. The van der Waals surface area contributed by atoms with Crippen LogP contribution in [0, 0.1) is 5.82 Å². The summed E-state index contributed by atoms with van der Waals surface area (Å²) < 4.78 is 16.8. The normalized spacial score (nSPS) is 16.1. The Labute approximate surface area is 210 Å². The van der Waals surface area contributed by atoms with Gasteiger partial charge in [-0.2, -0.15) is 0 Å². The van der Waals surface area contributed by atoms with Gasteiger partial charge in [0, 0.05) is 50.9 Å². The van der Waals surface area contributed by atoms with E-state index in [-0.39, 0.29) is 23.4 Å². The second kappa shape index (κ2) is 10.4. The number of carboxylic acids is 1. The Morgan fingerprint density at radius 2 is 1.83 bits per heavy atom. The lowest BCUT2D eigenvalue weighted by atomic mass is 9.88. The maximum absolute atomic E-state index is 15.1. The third kappa shape index (κ3) is 4.80. The average molecular weight is 500 g/mol. The number of carboxylic acid groups (broad SMARTS) is 1. The van der Waals surface area contributed by atoms with E-state index in [1.165, 1.54) is 48.2 Å². The summed E-state index contributed by atoms with van der Waals surface area (Å²) in [6, 6.07) is 9.57. The largest absolute Gasteiger partial charge is 0.477 e. The van der Waals surface area contributed by atoms with E-state index in [4.69, 9.17) is 0 Å². The number of hydrogen-bond acceptors (Lipinski definition) is 4. The first-order valence-electron chi connectivity index (χ1n) is 12.1. The number of nitrogens with zero attached hydrogens (tertiary/aromatic N) is 3. The predicted octanol–water partition coefficient (Wildman–Crippen LogP) is 4.48. The zero-order valence-electron chi connectivity index (χ0n) is 19.9. The van der Waals surface area contributed by atoms with Crippen LogP contribution < -0.4 is 10.3 Å². The van der Waals surface area contributed by atoms with E-state index in [2.05, 4.69) is 23.1 Å². The van der Waals surface area contributed by atoms with Gasteiger partial charge in [-0.05, 0) is 61.4 Å². The number of hydrogen-bond donors (Lipinski definition) is 1. The van der Waals surface area contributed by atoms with E-state index in [1.807, 2.05) is 11.8 Å². The zero-order chi connectivity index (χ0) is 23.8. The van der Waals surface area contributed by atoms with Gasteiger partial charge in [0.25, 0.3) is 0 Å². The minimum atomic E-state index is -1.30. The van der Waals surface area contributed by atoms with Crippen molar-refractivity contribution < 1.29 is 14.3 Å². The molecule has 1 fully saturated rings. The molecule has 0 unspecified atom stereocenters. The molecule has 2 aliphatic rings. The first kappa shape index (κ1) is 25.2. The molecule has 0 bridgehead atoms. The quantitative estimate of drug-likeness (QED) is 0.560. The summed E-state index contributed by atoms with van der Waals surface area (Å²) in [5.74, 6) is -1.78. The van der Waals surface area contributed by atoms with Crippen molar-refractivity contribution in [2.24, 2.45) is 0 Å². The molecule has 6 nitrogen and oxygen atoms in total. The summed E-state index contributed by atoms with van der Waals surface area (Å²) in [7, 11) is 0. The second-order valence-electron chi connectivity index (χ2n) is 9.31. The monoisotopic (exact) mass is 499 g/mol. The fourth-order valence-electron chi connectivity index (χ4n) is 5.45.